The van der Waals surface area contributed by atoms with Crippen molar-refractivity contribution in [3.8, 4) is 0 Å². The van der Waals surface area contributed by atoms with Crippen molar-refractivity contribution in [3.05, 3.63) is 57.3 Å². The van der Waals surface area contributed by atoms with Gasteiger partial charge in [0, 0.05) is 23.9 Å². The van der Waals surface area contributed by atoms with Gasteiger partial charge in [-0.3, -0.25) is 9.59 Å². The molecule has 1 aromatic heterocycles. The molecule has 2 heterocycles. The fourth-order valence-electron chi connectivity index (χ4n) is 4.35. The molecule has 0 bridgehead atoms. The van der Waals surface area contributed by atoms with Crippen LogP contribution >= 0.6 is 11.3 Å². The lowest BCUT2D eigenvalue weighted by Crippen LogP contribution is -2.47. The largest absolute Gasteiger partial charge is 0.333 e. The maximum atomic E-state index is 13.6. The predicted molar refractivity (Wildman–Crippen MR) is 133 cm³/mol. The van der Waals surface area contributed by atoms with Gasteiger partial charge in [-0.15, -0.1) is 11.3 Å². The maximum absolute atomic E-state index is 13.6. The number of hydrogen-bond donors (Lipinski definition) is 0. The molecule has 1 atom stereocenters. The summed E-state index contributed by atoms with van der Waals surface area (Å²) in [6.07, 6.45) is 2.79. The molecule has 1 aliphatic heterocycles. The Hall–Kier alpha value is -2.14. The quantitative estimate of drug-likeness (QED) is 0.530. The van der Waals surface area contributed by atoms with Crippen LogP contribution in [0.3, 0.4) is 0 Å². The van der Waals surface area contributed by atoms with Crippen LogP contribution in [-0.4, -0.2) is 41.2 Å². The predicted octanol–water partition coefficient (Wildman–Crippen LogP) is 5.80. The van der Waals surface area contributed by atoms with E-state index in [0.717, 1.165) is 24.8 Å². The van der Waals surface area contributed by atoms with E-state index in [0.29, 0.717) is 13.1 Å². The molecule has 0 aliphatic carbocycles. The van der Waals surface area contributed by atoms with Crippen molar-refractivity contribution < 1.29 is 9.59 Å². The van der Waals surface area contributed by atoms with E-state index in [1.165, 1.54) is 16.0 Å². The summed E-state index contributed by atoms with van der Waals surface area (Å²) in [6.45, 7) is 14.1. The van der Waals surface area contributed by atoms with Crippen molar-refractivity contribution in [3.63, 3.8) is 0 Å². The number of rotatable bonds is 7. The lowest BCUT2D eigenvalue weighted by molar-refractivity contribution is -0.143. The van der Waals surface area contributed by atoms with E-state index in [1.54, 1.807) is 16.2 Å². The lowest BCUT2D eigenvalue weighted by Gasteiger charge is -2.38. The molecule has 2 amide bonds. The van der Waals surface area contributed by atoms with Gasteiger partial charge in [-0.2, -0.15) is 0 Å². The molecule has 4 nitrogen and oxygen atoms in total. The first-order valence-corrected chi connectivity index (χ1v) is 12.8. The van der Waals surface area contributed by atoms with E-state index >= 15 is 0 Å². The molecule has 0 saturated heterocycles. The Morgan fingerprint density at radius 3 is 2.44 bits per heavy atom. The average Bonchev–Trinajstić information content (AvgIpc) is 3.23. The number of nitrogens with zero attached hydrogens (tertiary/aromatic N) is 2. The molecule has 174 valence electrons. The number of carbonyl (C=O) groups excluding carboxylic acids is 2. The van der Waals surface area contributed by atoms with Gasteiger partial charge in [-0.05, 0) is 46.4 Å². The minimum absolute atomic E-state index is 0.0388. The van der Waals surface area contributed by atoms with Crippen LogP contribution in [0.15, 0.2) is 35.7 Å². The Morgan fingerprint density at radius 2 is 1.84 bits per heavy atom. The SMILES string of the molecule is CCCCN(CC(=O)N1CCc2sccc2C1c1ccc(C(C)(C)C)cc1)C(=O)C(C)C. The highest BCUT2D eigenvalue weighted by Gasteiger charge is 2.34. The molecule has 5 heteroatoms. The number of fused-ring (bicyclic) bond motifs is 1. The van der Waals surface area contributed by atoms with Gasteiger partial charge < -0.3 is 9.80 Å². The first-order chi connectivity index (χ1) is 15.1. The van der Waals surface area contributed by atoms with Gasteiger partial charge in [0.1, 0.15) is 0 Å². The molecule has 0 spiro atoms. The Kier molecular flexibility index (Phi) is 7.81. The van der Waals surface area contributed by atoms with Crippen LogP contribution in [0.25, 0.3) is 0 Å². The lowest BCUT2D eigenvalue weighted by atomic mass is 9.85. The van der Waals surface area contributed by atoms with Crippen molar-refractivity contribution in [2.75, 3.05) is 19.6 Å². The summed E-state index contributed by atoms with van der Waals surface area (Å²) in [5.41, 5.74) is 3.74. The fraction of sp³-hybridized carbons (Fsp3) is 0.556. The van der Waals surface area contributed by atoms with Gasteiger partial charge in [0.2, 0.25) is 11.8 Å². The Bertz CT molecular complexity index is 924. The molecule has 0 saturated carbocycles. The molecule has 0 fully saturated rings. The van der Waals surface area contributed by atoms with Gasteiger partial charge >= 0.3 is 0 Å². The number of benzene rings is 1. The van der Waals surface area contributed by atoms with Gasteiger partial charge in [0.25, 0.3) is 0 Å². The number of thiophene rings is 1. The average molecular weight is 455 g/mol. The molecule has 2 aromatic rings. The highest BCUT2D eigenvalue weighted by Crippen LogP contribution is 2.38. The van der Waals surface area contributed by atoms with Crippen LogP contribution < -0.4 is 0 Å². The van der Waals surface area contributed by atoms with E-state index in [2.05, 4.69) is 63.4 Å². The Labute approximate surface area is 197 Å². The van der Waals surface area contributed by atoms with Crippen molar-refractivity contribution in [1.29, 1.82) is 0 Å². The zero-order valence-corrected chi connectivity index (χ0v) is 21.3. The molecule has 3 rings (SSSR count). The van der Waals surface area contributed by atoms with Gasteiger partial charge in [0.15, 0.2) is 0 Å². The van der Waals surface area contributed by atoms with Gasteiger partial charge in [0.05, 0.1) is 12.6 Å². The van der Waals surface area contributed by atoms with Crippen LogP contribution in [0.1, 0.15) is 82.0 Å². The third-order valence-electron chi connectivity index (χ3n) is 6.29. The van der Waals surface area contributed by atoms with Crippen LogP contribution in [0.4, 0.5) is 0 Å². The van der Waals surface area contributed by atoms with E-state index in [-0.39, 0.29) is 35.7 Å². The first-order valence-electron chi connectivity index (χ1n) is 11.9. The zero-order valence-electron chi connectivity index (χ0n) is 20.5. The number of unbranched alkanes of at least 4 members (excludes halogenated alkanes) is 1. The topological polar surface area (TPSA) is 40.6 Å². The van der Waals surface area contributed by atoms with Crippen LogP contribution in [0, 0.1) is 5.92 Å². The molecular weight excluding hydrogens is 416 g/mol. The van der Waals surface area contributed by atoms with Crippen LogP contribution in [0.2, 0.25) is 0 Å². The maximum Gasteiger partial charge on any atom is 0.242 e. The van der Waals surface area contributed by atoms with E-state index in [1.807, 2.05) is 18.7 Å². The fourth-order valence-corrected chi connectivity index (χ4v) is 5.25. The van der Waals surface area contributed by atoms with Crippen LogP contribution in [-0.2, 0) is 21.4 Å². The third kappa shape index (κ3) is 5.43. The standard InChI is InChI=1S/C27H38N2O2S/c1-7-8-15-28(26(31)19(2)3)18-24(30)29-16-13-23-22(14-17-32-23)25(29)20-9-11-21(12-10-20)27(4,5)6/h9-12,14,17,19,25H,7-8,13,15-16,18H2,1-6H3. The molecule has 0 N–H and O–H groups in total. The second-order valence-electron chi connectivity index (χ2n) is 10.2. The summed E-state index contributed by atoms with van der Waals surface area (Å²) < 4.78 is 0. The molecular formula is C27H38N2O2S. The molecule has 0 radical (unpaired) electrons. The van der Waals surface area contributed by atoms with Crippen molar-refractivity contribution >= 4 is 23.2 Å². The normalized spacial score (nSPS) is 16.2. The minimum Gasteiger partial charge on any atom is -0.333 e. The van der Waals surface area contributed by atoms with Crippen molar-refractivity contribution in [2.24, 2.45) is 5.92 Å². The summed E-state index contributed by atoms with van der Waals surface area (Å²) in [5, 5.41) is 2.13. The van der Waals surface area contributed by atoms with Crippen molar-refractivity contribution in [1.82, 2.24) is 9.80 Å². The smallest absolute Gasteiger partial charge is 0.242 e. The summed E-state index contributed by atoms with van der Waals surface area (Å²) >= 11 is 1.78. The first kappa shape index (κ1) is 24.5. The highest BCUT2D eigenvalue weighted by atomic mass is 32.1. The summed E-state index contributed by atoms with van der Waals surface area (Å²) in [7, 11) is 0. The summed E-state index contributed by atoms with van der Waals surface area (Å²) in [5.74, 6) is -0.00630. The Morgan fingerprint density at radius 1 is 1.16 bits per heavy atom. The monoisotopic (exact) mass is 454 g/mol. The number of carbonyl (C=O) groups is 2. The summed E-state index contributed by atoms with van der Waals surface area (Å²) in [4.78, 5) is 31.5. The second-order valence-corrected chi connectivity index (χ2v) is 11.2. The van der Waals surface area contributed by atoms with Crippen LogP contribution in [0.5, 0.6) is 0 Å². The zero-order chi connectivity index (χ0) is 23.5. The van der Waals surface area contributed by atoms with E-state index in [9.17, 15) is 9.59 Å². The third-order valence-corrected chi connectivity index (χ3v) is 7.29. The highest BCUT2D eigenvalue weighted by molar-refractivity contribution is 7.10. The second kappa shape index (κ2) is 10.2. The number of amides is 2. The van der Waals surface area contributed by atoms with E-state index in [4.69, 9.17) is 0 Å². The number of hydrogen-bond acceptors (Lipinski definition) is 3. The molecule has 32 heavy (non-hydrogen) atoms. The molecule has 1 unspecified atom stereocenters. The minimum atomic E-state index is -0.106. The van der Waals surface area contributed by atoms with E-state index < -0.39 is 0 Å². The van der Waals surface area contributed by atoms with Gasteiger partial charge in [-0.25, -0.2) is 0 Å². The van der Waals surface area contributed by atoms with Crippen molar-refractivity contribution in [2.45, 2.75) is 72.3 Å². The molecule has 1 aromatic carbocycles. The Balaban J connectivity index is 1.90. The molecule has 1 aliphatic rings. The van der Waals surface area contributed by atoms with Gasteiger partial charge in [-0.1, -0.05) is 72.2 Å². The summed E-state index contributed by atoms with van der Waals surface area (Å²) in [6, 6.07) is 10.8.